The third-order valence-corrected chi connectivity index (χ3v) is 3.38. The third-order valence-electron chi connectivity index (χ3n) is 3.38. The Morgan fingerprint density at radius 2 is 1.86 bits per heavy atom. The number of aromatic nitrogens is 1. The van der Waals surface area contributed by atoms with E-state index in [9.17, 15) is 13.2 Å². The number of H-pyrrole nitrogens is 1. The van der Waals surface area contributed by atoms with E-state index >= 15 is 0 Å². The molecule has 6 heteroatoms. The second-order valence-corrected chi connectivity index (χ2v) is 4.90. The van der Waals surface area contributed by atoms with Crippen LogP contribution in [-0.2, 0) is 12.8 Å². The number of nitrogen functional groups attached to an aromatic ring is 1. The molecule has 3 aromatic rings. The van der Waals surface area contributed by atoms with Crippen LogP contribution >= 0.6 is 0 Å². The summed E-state index contributed by atoms with van der Waals surface area (Å²) in [6.07, 6.45) is -2.64. The molecule has 0 aliphatic rings. The molecule has 3 rings (SSSR count). The zero-order valence-corrected chi connectivity index (χ0v) is 11.4. The first-order valence-electron chi connectivity index (χ1n) is 6.59. The molecule has 0 radical (unpaired) electrons. The van der Waals surface area contributed by atoms with E-state index in [1.54, 1.807) is 12.3 Å². The van der Waals surface area contributed by atoms with Gasteiger partial charge in [-0.15, -0.1) is 0 Å². The van der Waals surface area contributed by atoms with Crippen molar-refractivity contribution in [2.75, 3.05) is 5.73 Å². The van der Waals surface area contributed by atoms with Gasteiger partial charge >= 0.3 is 6.18 Å². The van der Waals surface area contributed by atoms with Crippen LogP contribution in [0.5, 0.6) is 5.75 Å². The summed E-state index contributed by atoms with van der Waals surface area (Å²) < 4.78 is 43.5. The van der Waals surface area contributed by atoms with Crippen LogP contribution in [0.1, 0.15) is 11.1 Å². The topological polar surface area (TPSA) is 51.0 Å². The van der Waals surface area contributed by atoms with Crippen LogP contribution in [0.15, 0.2) is 48.7 Å². The normalized spacial score (nSPS) is 11.8. The summed E-state index contributed by atoms with van der Waals surface area (Å²) in [6.45, 7) is 0.134. The maximum absolute atomic E-state index is 12.7. The van der Waals surface area contributed by atoms with Gasteiger partial charge in [0, 0.05) is 28.4 Å². The van der Waals surface area contributed by atoms with Gasteiger partial charge in [-0.1, -0.05) is 12.1 Å². The molecule has 0 aliphatic heterocycles. The van der Waals surface area contributed by atoms with E-state index in [0.29, 0.717) is 5.69 Å². The van der Waals surface area contributed by atoms with Crippen molar-refractivity contribution < 1.29 is 17.9 Å². The molecule has 0 fully saturated rings. The van der Waals surface area contributed by atoms with Crippen molar-refractivity contribution in [1.29, 1.82) is 0 Å². The first-order valence-corrected chi connectivity index (χ1v) is 6.59. The van der Waals surface area contributed by atoms with Gasteiger partial charge in [-0.25, -0.2) is 0 Å². The Bertz CT molecular complexity index is 809. The second-order valence-electron chi connectivity index (χ2n) is 4.90. The molecule has 22 heavy (non-hydrogen) atoms. The summed E-state index contributed by atoms with van der Waals surface area (Å²) >= 11 is 0. The van der Waals surface area contributed by atoms with Crippen molar-refractivity contribution in [2.24, 2.45) is 0 Å². The second kappa shape index (κ2) is 5.29. The van der Waals surface area contributed by atoms with E-state index in [0.717, 1.165) is 28.6 Å². The number of fused-ring (bicyclic) bond motifs is 1. The first kappa shape index (κ1) is 14.3. The van der Waals surface area contributed by atoms with Crippen molar-refractivity contribution >= 4 is 16.6 Å². The Balaban J connectivity index is 1.83. The minimum atomic E-state index is -4.38. The average molecular weight is 306 g/mol. The van der Waals surface area contributed by atoms with Crippen molar-refractivity contribution in [3.05, 3.63) is 59.8 Å². The molecular weight excluding hydrogens is 293 g/mol. The van der Waals surface area contributed by atoms with Crippen LogP contribution in [0.2, 0.25) is 0 Å². The molecule has 0 unspecified atom stereocenters. The van der Waals surface area contributed by atoms with Crippen molar-refractivity contribution in [3.8, 4) is 5.75 Å². The van der Waals surface area contributed by atoms with Crippen LogP contribution in [0.3, 0.4) is 0 Å². The highest BCUT2D eigenvalue weighted by Gasteiger charge is 2.30. The number of hydrogen-bond donors (Lipinski definition) is 2. The van der Waals surface area contributed by atoms with Crippen LogP contribution in [0, 0.1) is 0 Å². The number of benzene rings is 2. The lowest BCUT2D eigenvalue weighted by Gasteiger charge is -2.10. The number of hydrogen-bond acceptors (Lipinski definition) is 2. The predicted octanol–water partition coefficient (Wildman–Crippen LogP) is 4.35. The molecule has 0 bridgehead atoms. The lowest BCUT2D eigenvalue weighted by Crippen LogP contribution is -2.05. The van der Waals surface area contributed by atoms with Crippen LogP contribution in [0.25, 0.3) is 10.9 Å². The van der Waals surface area contributed by atoms with Crippen molar-refractivity contribution in [1.82, 2.24) is 4.98 Å². The summed E-state index contributed by atoms with van der Waals surface area (Å²) in [5, 5.41) is 0.828. The van der Waals surface area contributed by atoms with Gasteiger partial charge in [0.2, 0.25) is 0 Å². The number of halogens is 3. The van der Waals surface area contributed by atoms with Gasteiger partial charge in [-0.05, 0) is 30.3 Å². The lowest BCUT2D eigenvalue weighted by atomic mass is 10.1. The van der Waals surface area contributed by atoms with Gasteiger partial charge in [0.25, 0.3) is 0 Å². The summed E-state index contributed by atoms with van der Waals surface area (Å²) in [5.74, 6) is 0.165. The Morgan fingerprint density at radius 3 is 2.64 bits per heavy atom. The predicted molar refractivity (Wildman–Crippen MR) is 78.5 cm³/mol. The Kier molecular flexibility index (Phi) is 3.44. The van der Waals surface area contributed by atoms with Gasteiger partial charge in [0.05, 0.1) is 5.56 Å². The zero-order chi connectivity index (χ0) is 15.7. The summed E-state index contributed by atoms with van der Waals surface area (Å²) in [5.41, 5.74) is 7.45. The van der Waals surface area contributed by atoms with Gasteiger partial charge in [-0.2, -0.15) is 13.2 Å². The Hall–Kier alpha value is -2.63. The third kappa shape index (κ3) is 2.72. The first-order chi connectivity index (χ1) is 10.4. The summed E-state index contributed by atoms with van der Waals surface area (Å²) in [4.78, 5) is 3.06. The Morgan fingerprint density at radius 1 is 1.09 bits per heavy atom. The number of alkyl halides is 3. The molecule has 0 amide bonds. The van der Waals surface area contributed by atoms with Crippen LogP contribution in [0.4, 0.5) is 18.9 Å². The smallest absolute Gasteiger partial charge is 0.416 e. The van der Waals surface area contributed by atoms with E-state index < -0.39 is 11.7 Å². The van der Waals surface area contributed by atoms with E-state index in [4.69, 9.17) is 10.5 Å². The number of nitrogens with two attached hydrogens (primary N) is 1. The number of ether oxygens (including phenoxy) is 1. The monoisotopic (exact) mass is 306 g/mol. The van der Waals surface area contributed by atoms with E-state index in [-0.39, 0.29) is 12.4 Å². The van der Waals surface area contributed by atoms with E-state index in [2.05, 4.69) is 4.98 Å². The molecule has 0 aliphatic carbocycles. The molecule has 0 atom stereocenters. The number of anilines is 1. The van der Waals surface area contributed by atoms with E-state index in [1.165, 1.54) is 12.1 Å². The van der Waals surface area contributed by atoms with Gasteiger partial charge in [0.1, 0.15) is 12.4 Å². The molecule has 3 nitrogen and oxygen atoms in total. The fourth-order valence-corrected chi connectivity index (χ4v) is 2.32. The minimum Gasteiger partial charge on any atom is -0.489 e. The van der Waals surface area contributed by atoms with Crippen molar-refractivity contribution in [3.63, 3.8) is 0 Å². The highest BCUT2D eigenvalue weighted by Crippen LogP contribution is 2.32. The molecule has 2 aromatic carbocycles. The highest BCUT2D eigenvalue weighted by molar-refractivity contribution is 5.93. The standard InChI is InChI=1S/C16H13F3N2O/c17-16(18,19)11-3-1-4-12(7-11)22-9-10-8-21-14-6-2-5-13(20)15(10)14/h1-8,21H,9,20H2. The molecule has 3 N–H and O–H groups in total. The number of aromatic amines is 1. The van der Waals surface area contributed by atoms with E-state index in [1.807, 2.05) is 12.1 Å². The minimum absolute atomic E-state index is 0.134. The van der Waals surface area contributed by atoms with Crippen LogP contribution < -0.4 is 10.5 Å². The number of rotatable bonds is 3. The number of nitrogens with one attached hydrogen (secondary N) is 1. The zero-order valence-electron chi connectivity index (χ0n) is 11.4. The van der Waals surface area contributed by atoms with Gasteiger partial charge in [0.15, 0.2) is 0 Å². The lowest BCUT2D eigenvalue weighted by molar-refractivity contribution is -0.137. The SMILES string of the molecule is Nc1cccc2[nH]cc(COc3cccc(C(F)(F)F)c3)c12. The molecule has 0 spiro atoms. The van der Waals surface area contributed by atoms with Gasteiger partial charge < -0.3 is 15.5 Å². The van der Waals surface area contributed by atoms with Gasteiger partial charge in [-0.3, -0.25) is 0 Å². The Labute approximate surface area is 124 Å². The molecule has 114 valence electrons. The maximum Gasteiger partial charge on any atom is 0.416 e. The summed E-state index contributed by atoms with van der Waals surface area (Å²) in [7, 11) is 0. The highest BCUT2D eigenvalue weighted by atomic mass is 19.4. The molecule has 1 heterocycles. The average Bonchev–Trinajstić information content (AvgIpc) is 2.89. The van der Waals surface area contributed by atoms with Crippen molar-refractivity contribution in [2.45, 2.75) is 12.8 Å². The molecule has 1 aromatic heterocycles. The summed E-state index contributed by atoms with van der Waals surface area (Å²) in [6, 6.07) is 10.3. The fraction of sp³-hybridized carbons (Fsp3) is 0.125. The fourth-order valence-electron chi connectivity index (χ4n) is 2.32. The quantitative estimate of drug-likeness (QED) is 0.707. The maximum atomic E-state index is 12.7. The molecule has 0 saturated carbocycles. The van der Waals surface area contributed by atoms with Crippen LogP contribution in [-0.4, -0.2) is 4.98 Å². The molecule has 0 saturated heterocycles. The largest absolute Gasteiger partial charge is 0.489 e. The molecular formula is C16H13F3N2O.